The van der Waals surface area contributed by atoms with E-state index in [0.29, 0.717) is 6.04 Å². The Balaban J connectivity index is 2.05. The van der Waals surface area contributed by atoms with Crippen molar-refractivity contribution in [3.63, 3.8) is 0 Å². The van der Waals surface area contributed by atoms with Crippen LogP contribution in [0.25, 0.3) is 0 Å². The average molecular weight is 247 g/mol. The molecule has 1 aliphatic rings. The van der Waals surface area contributed by atoms with Crippen LogP contribution in [0.1, 0.15) is 36.0 Å². The molecule has 0 bridgehead atoms. The highest BCUT2D eigenvalue weighted by atomic mass is 16.4. The van der Waals surface area contributed by atoms with Gasteiger partial charge in [0.05, 0.1) is 6.42 Å². The first-order valence-corrected chi connectivity index (χ1v) is 6.58. The van der Waals surface area contributed by atoms with Crippen molar-refractivity contribution in [3.05, 3.63) is 34.9 Å². The zero-order valence-electron chi connectivity index (χ0n) is 11.1. The van der Waals surface area contributed by atoms with Crippen LogP contribution in [0, 0.1) is 13.8 Å². The van der Waals surface area contributed by atoms with Crippen molar-refractivity contribution in [3.8, 4) is 0 Å². The molecule has 1 aromatic carbocycles. The first kappa shape index (κ1) is 13.1. The highest BCUT2D eigenvalue weighted by Crippen LogP contribution is 2.22. The number of carboxylic acid groups (broad SMARTS) is 1. The molecule has 0 aliphatic heterocycles. The van der Waals surface area contributed by atoms with Crippen molar-refractivity contribution >= 4 is 5.97 Å². The molecule has 0 aromatic heterocycles. The van der Waals surface area contributed by atoms with E-state index in [2.05, 4.69) is 37.4 Å². The van der Waals surface area contributed by atoms with Gasteiger partial charge in [0.25, 0.3) is 0 Å². The van der Waals surface area contributed by atoms with Gasteiger partial charge in [0, 0.05) is 12.1 Å². The Bertz CT molecular complexity index is 438. The number of hydrogen-bond donors (Lipinski definition) is 2. The average Bonchev–Trinajstić information content (AvgIpc) is 3.06. The highest BCUT2D eigenvalue weighted by Gasteiger charge is 2.26. The number of nitrogens with one attached hydrogen (secondary N) is 1. The molecule has 1 atom stereocenters. The van der Waals surface area contributed by atoms with Crippen LogP contribution in [0.2, 0.25) is 0 Å². The molecular weight excluding hydrogens is 226 g/mol. The summed E-state index contributed by atoms with van der Waals surface area (Å²) in [6.45, 7) is 4.16. The first-order valence-electron chi connectivity index (χ1n) is 6.58. The summed E-state index contributed by atoms with van der Waals surface area (Å²) in [6.07, 6.45) is 3.37. The van der Waals surface area contributed by atoms with Gasteiger partial charge in [-0.1, -0.05) is 23.8 Å². The highest BCUT2D eigenvalue weighted by molar-refractivity contribution is 5.67. The Morgan fingerprint density at radius 2 is 2.17 bits per heavy atom. The van der Waals surface area contributed by atoms with Gasteiger partial charge in [-0.25, -0.2) is 0 Å². The van der Waals surface area contributed by atoms with E-state index >= 15 is 0 Å². The largest absolute Gasteiger partial charge is 0.481 e. The van der Waals surface area contributed by atoms with Crippen LogP contribution in [0.5, 0.6) is 0 Å². The van der Waals surface area contributed by atoms with E-state index in [4.69, 9.17) is 5.11 Å². The molecule has 98 valence electrons. The van der Waals surface area contributed by atoms with Crippen molar-refractivity contribution in [2.45, 2.75) is 51.6 Å². The van der Waals surface area contributed by atoms with Gasteiger partial charge in [-0.05, 0) is 44.2 Å². The Hall–Kier alpha value is -1.35. The number of hydrogen-bond acceptors (Lipinski definition) is 2. The second-order valence-corrected chi connectivity index (χ2v) is 5.37. The van der Waals surface area contributed by atoms with Crippen LogP contribution in [-0.4, -0.2) is 23.2 Å². The van der Waals surface area contributed by atoms with Gasteiger partial charge in [-0.3, -0.25) is 4.79 Å². The molecule has 2 rings (SSSR count). The maximum Gasteiger partial charge on any atom is 0.304 e. The van der Waals surface area contributed by atoms with Crippen molar-refractivity contribution in [1.29, 1.82) is 0 Å². The zero-order chi connectivity index (χ0) is 13.1. The molecule has 3 heteroatoms. The smallest absolute Gasteiger partial charge is 0.304 e. The fourth-order valence-corrected chi connectivity index (χ4v) is 2.27. The second-order valence-electron chi connectivity index (χ2n) is 5.37. The van der Waals surface area contributed by atoms with Gasteiger partial charge in [0.1, 0.15) is 0 Å². The SMILES string of the molecule is Cc1ccc(C)c(CC(CC(=O)O)NC2CC2)c1. The van der Waals surface area contributed by atoms with Crippen LogP contribution in [-0.2, 0) is 11.2 Å². The maximum atomic E-state index is 10.9. The van der Waals surface area contributed by atoms with Gasteiger partial charge < -0.3 is 10.4 Å². The minimum absolute atomic E-state index is 0.0514. The Morgan fingerprint density at radius 3 is 2.78 bits per heavy atom. The molecule has 18 heavy (non-hydrogen) atoms. The van der Waals surface area contributed by atoms with Crippen molar-refractivity contribution < 1.29 is 9.90 Å². The van der Waals surface area contributed by atoms with Crippen molar-refractivity contribution in [2.75, 3.05) is 0 Å². The van der Waals surface area contributed by atoms with Crippen molar-refractivity contribution in [1.82, 2.24) is 5.32 Å². The molecular formula is C15H21NO2. The quantitative estimate of drug-likeness (QED) is 0.811. The Labute approximate surface area is 108 Å². The van der Waals surface area contributed by atoms with Crippen LogP contribution >= 0.6 is 0 Å². The Morgan fingerprint density at radius 1 is 1.44 bits per heavy atom. The Kier molecular flexibility index (Phi) is 4.02. The fourth-order valence-electron chi connectivity index (χ4n) is 2.27. The number of rotatable bonds is 6. The molecule has 3 nitrogen and oxygen atoms in total. The monoisotopic (exact) mass is 247 g/mol. The van der Waals surface area contributed by atoms with E-state index in [9.17, 15) is 4.79 Å². The molecule has 0 spiro atoms. The number of aryl methyl sites for hydroxylation is 2. The molecule has 0 saturated heterocycles. The standard InChI is InChI=1S/C15H21NO2/c1-10-3-4-11(2)12(7-10)8-14(9-15(17)18)16-13-5-6-13/h3-4,7,13-14,16H,5-6,8-9H2,1-2H3,(H,17,18). The fraction of sp³-hybridized carbons (Fsp3) is 0.533. The van der Waals surface area contributed by atoms with E-state index < -0.39 is 5.97 Å². The normalized spacial score (nSPS) is 16.6. The van der Waals surface area contributed by atoms with Crippen LogP contribution in [0.15, 0.2) is 18.2 Å². The number of benzene rings is 1. The number of aliphatic carboxylic acids is 1. The van der Waals surface area contributed by atoms with E-state index in [0.717, 1.165) is 6.42 Å². The second kappa shape index (κ2) is 5.53. The minimum atomic E-state index is -0.724. The lowest BCUT2D eigenvalue weighted by Crippen LogP contribution is -2.35. The number of carbonyl (C=O) groups is 1. The maximum absolute atomic E-state index is 10.9. The zero-order valence-corrected chi connectivity index (χ0v) is 11.1. The summed E-state index contributed by atoms with van der Waals surface area (Å²) < 4.78 is 0. The lowest BCUT2D eigenvalue weighted by molar-refractivity contribution is -0.137. The van der Waals surface area contributed by atoms with E-state index in [1.807, 2.05) is 0 Å². The van der Waals surface area contributed by atoms with Gasteiger partial charge in [0.2, 0.25) is 0 Å². The van der Waals surface area contributed by atoms with E-state index in [1.165, 1.54) is 29.5 Å². The van der Waals surface area contributed by atoms with E-state index in [-0.39, 0.29) is 12.5 Å². The number of carboxylic acids is 1. The molecule has 1 saturated carbocycles. The third kappa shape index (κ3) is 3.84. The van der Waals surface area contributed by atoms with Gasteiger partial charge in [0.15, 0.2) is 0 Å². The molecule has 1 aliphatic carbocycles. The first-order chi connectivity index (χ1) is 8.54. The summed E-state index contributed by atoms with van der Waals surface area (Å²) in [5, 5.41) is 12.4. The molecule has 1 aromatic rings. The third-order valence-electron chi connectivity index (χ3n) is 3.44. The van der Waals surface area contributed by atoms with Crippen LogP contribution in [0.4, 0.5) is 0 Å². The molecule has 1 unspecified atom stereocenters. The molecule has 0 amide bonds. The molecule has 2 N–H and O–H groups in total. The lowest BCUT2D eigenvalue weighted by Gasteiger charge is -2.18. The summed E-state index contributed by atoms with van der Waals surface area (Å²) >= 11 is 0. The topological polar surface area (TPSA) is 49.3 Å². The predicted octanol–water partition coefficient (Wildman–Crippen LogP) is 2.44. The van der Waals surface area contributed by atoms with Crippen LogP contribution < -0.4 is 5.32 Å². The van der Waals surface area contributed by atoms with Crippen LogP contribution in [0.3, 0.4) is 0 Å². The third-order valence-corrected chi connectivity index (χ3v) is 3.44. The van der Waals surface area contributed by atoms with Crippen molar-refractivity contribution in [2.24, 2.45) is 0 Å². The molecule has 0 heterocycles. The predicted molar refractivity (Wildman–Crippen MR) is 71.8 cm³/mol. The summed E-state index contributed by atoms with van der Waals surface area (Å²) in [5.41, 5.74) is 3.74. The summed E-state index contributed by atoms with van der Waals surface area (Å²) in [6, 6.07) is 6.97. The van der Waals surface area contributed by atoms with E-state index in [1.54, 1.807) is 0 Å². The van der Waals surface area contributed by atoms with Gasteiger partial charge in [-0.15, -0.1) is 0 Å². The summed E-state index contributed by atoms with van der Waals surface area (Å²) in [7, 11) is 0. The van der Waals surface area contributed by atoms with Gasteiger partial charge >= 0.3 is 5.97 Å². The lowest BCUT2D eigenvalue weighted by atomic mass is 9.97. The summed E-state index contributed by atoms with van der Waals surface area (Å²) in [5.74, 6) is -0.724. The van der Waals surface area contributed by atoms with Gasteiger partial charge in [-0.2, -0.15) is 0 Å². The minimum Gasteiger partial charge on any atom is -0.481 e. The molecule has 0 radical (unpaired) electrons. The molecule has 1 fully saturated rings. The summed E-state index contributed by atoms with van der Waals surface area (Å²) in [4.78, 5) is 10.9.